The van der Waals surface area contributed by atoms with E-state index in [9.17, 15) is 5.11 Å². The normalized spacial score (nSPS) is 39.9. The maximum absolute atomic E-state index is 9.42. The molecule has 0 amide bonds. The highest BCUT2D eigenvalue weighted by Crippen LogP contribution is 2.29. The smallest absolute Gasteiger partial charge is 0.110 e. The number of aliphatic hydroxyl groups is 1. The molecule has 0 aromatic rings. The van der Waals surface area contributed by atoms with Gasteiger partial charge in [-0.25, -0.2) is 0 Å². The van der Waals surface area contributed by atoms with Crippen LogP contribution in [0.1, 0.15) is 27.2 Å². The summed E-state index contributed by atoms with van der Waals surface area (Å²) in [7, 11) is 1.66. The number of rotatable bonds is 5. The highest BCUT2D eigenvalue weighted by Gasteiger charge is 2.42. The summed E-state index contributed by atoms with van der Waals surface area (Å²) in [6.45, 7) is 6.80. The van der Waals surface area contributed by atoms with E-state index >= 15 is 0 Å². The second kappa shape index (κ2) is 6.55. The molecule has 5 atom stereocenters. The zero-order chi connectivity index (χ0) is 12.1. The quantitative estimate of drug-likeness (QED) is 0.774. The predicted molar refractivity (Wildman–Crippen MR) is 61.4 cm³/mol. The van der Waals surface area contributed by atoms with Gasteiger partial charge in [0.2, 0.25) is 0 Å². The Morgan fingerprint density at radius 2 is 1.88 bits per heavy atom. The molecule has 1 aliphatic heterocycles. The Morgan fingerprint density at radius 3 is 2.38 bits per heavy atom. The highest BCUT2D eigenvalue weighted by molar-refractivity contribution is 4.90. The second-order valence-corrected chi connectivity index (χ2v) is 4.43. The summed E-state index contributed by atoms with van der Waals surface area (Å²) >= 11 is 0. The van der Waals surface area contributed by atoms with Gasteiger partial charge in [-0.1, -0.05) is 6.92 Å². The molecule has 0 aromatic carbocycles. The highest BCUT2D eigenvalue weighted by atomic mass is 16.6. The van der Waals surface area contributed by atoms with Crippen molar-refractivity contribution >= 4 is 0 Å². The fraction of sp³-hybridized carbons (Fsp3) is 1.00. The van der Waals surface area contributed by atoms with Gasteiger partial charge in [-0.3, -0.25) is 0 Å². The molecule has 1 saturated heterocycles. The van der Waals surface area contributed by atoms with E-state index in [0.717, 1.165) is 6.42 Å². The third kappa shape index (κ3) is 2.94. The zero-order valence-electron chi connectivity index (χ0n) is 10.7. The molecule has 1 N–H and O–H groups in total. The first kappa shape index (κ1) is 13.9. The number of hydrogen-bond acceptors (Lipinski definition) is 4. The number of aliphatic hydroxyl groups excluding tert-OH is 1. The van der Waals surface area contributed by atoms with E-state index in [1.165, 1.54) is 0 Å². The lowest BCUT2D eigenvalue weighted by Crippen LogP contribution is -2.55. The molecule has 0 unspecified atom stereocenters. The van der Waals surface area contributed by atoms with Crippen molar-refractivity contribution in [1.82, 2.24) is 0 Å². The minimum atomic E-state index is -0.0973. The Labute approximate surface area is 97.9 Å². The summed E-state index contributed by atoms with van der Waals surface area (Å²) in [6, 6.07) is 0. The third-order valence-corrected chi connectivity index (χ3v) is 3.24. The summed E-state index contributed by atoms with van der Waals surface area (Å²) in [5.41, 5.74) is 0. The Kier molecular flexibility index (Phi) is 5.69. The molecule has 4 heteroatoms. The number of ether oxygens (including phenoxy) is 3. The first-order chi connectivity index (χ1) is 7.65. The first-order valence-electron chi connectivity index (χ1n) is 6.06. The van der Waals surface area contributed by atoms with Gasteiger partial charge in [0.15, 0.2) is 0 Å². The van der Waals surface area contributed by atoms with Crippen molar-refractivity contribution in [3.05, 3.63) is 0 Å². The van der Waals surface area contributed by atoms with E-state index < -0.39 is 0 Å². The van der Waals surface area contributed by atoms with Gasteiger partial charge in [-0.15, -0.1) is 0 Å². The largest absolute Gasteiger partial charge is 0.396 e. The fourth-order valence-corrected chi connectivity index (χ4v) is 2.35. The molecule has 0 saturated carbocycles. The Morgan fingerprint density at radius 1 is 1.19 bits per heavy atom. The maximum Gasteiger partial charge on any atom is 0.110 e. The van der Waals surface area contributed by atoms with E-state index in [2.05, 4.69) is 6.92 Å². The molecular formula is C12H24O4. The second-order valence-electron chi connectivity index (χ2n) is 4.43. The first-order valence-corrected chi connectivity index (χ1v) is 6.06. The minimum Gasteiger partial charge on any atom is -0.396 e. The average molecular weight is 232 g/mol. The molecule has 0 spiro atoms. The van der Waals surface area contributed by atoms with Crippen LogP contribution in [0.15, 0.2) is 0 Å². The lowest BCUT2D eigenvalue weighted by atomic mass is 9.88. The van der Waals surface area contributed by atoms with Gasteiger partial charge in [0, 0.05) is 19.6 Å². The van der Waals surface area contributed by atoms with Crippen molar-refractivity contribution in [1.29, 1.82) is 0 Å². The zero-order valence-corrected chi connectivity index (χ0v) is 10.7. The van der Waals surface area contributed by atoms with Crippen LogP contribution in [0.5, 0.6) is 0 Å². The monoisotopic (exact) mass is 232 g/mol. The molecular weight excluding hydrogens is 208 g/mol. The van der Waals surface area contributed by atoms with Crippen molar-refractivity contribution in [3.8, 4) is 0 Å². The van der Waals surface area contributed by atoms with Crippen molar-refractivity contribution < 1.29 is 19.3 Å². The van der Waals surface area contributed by atoms with Gasteiger partial charge in [0.05, 0.1) is 24.9 Å². The summed E-state index contributed by atoms with van der Waals surface area (Å²) < 4.78 is 17.0. The number of methoxy groups -OCH3 is 1. The van der Waals surface area contributed by atoms with Gasteiger partial charge in [-0.05, 0) is 20.3 Å². The van der Waals surface area contributed by atoms with Crippen LogP contribution < -0.4 is 0 Å². The Bertz CT molecular complexity index is 181. The molecule has 96 valence electrons. The SMILES string of the molecule is CCCO[C@H]1[C@@H](CO)[C@@H](C)O[C@@H](C)[C@@H]1OC. The lowest BCUT2D eigenvalue weighted by Gasteiger charge is -2.43. The van der Waals surface area contributed by atoms with E-state index in [-0.39, 0.29) is 36.9 Å². The molecule has 1 rings (SSSR count). The van der Waals surface area contributed by atoms with Crippen LogP contribution in [0.3, 0.4) is 0 Å². The van der Waals surface area contributed by atoms with E-state index in [1.807, 2.05) is 13.8 Å². The van der Waals surface area contributed by atoms with Crippen LogP contribution >= 0.6 is 0 Å². The van der Waals surface area contributed by atoms with Crippen LogP contribution in [0.2, 0.25) is 0 Å². The molecule has 16 heavy (non-hydrogen) atoms. The van der Waals surface area contributed by atoms with Gasteiger partial charge in [-0.2, -0.15) is 0 Å². The Balaban J connectivity index is 2.72. The predicted octanol–water partition coefficient (Wildman–Crippen LogP) is 1.21. The van der Waals surface area contributed by atoms with Crippen molar-refractivity contribution in [2.75, 3.05) is 20.3 Å². The van der Waals surface area contributed by atoms with Crippen molar-refractivity contribution in [3.63, 3.8) is 0 Å². The standard InChI is InChI=1S/C12H24O4/c1-5-6-15-12-10(7-13)8(2)16-9(3)11(12)14-4/h8-13H,5-7H2,1-4H3/t8-,9+,10+,11+,12+/m1/s1. The van der Waals surface area contributed by atoms with Gasteiger partial charge < -0.3 is 19.3 Å². The third-order valence-electron chi connectivity index (χ3n) is 3.24. The van der Waals surface area contributed by atoms with Crippen molar-refractivity contribution in [2.45, 2.75) is 51.6 Å². The van der Waals surface area contributed by atoms with Crippen LogP contribution in [0.4, 0.5) is 0 Å². The average Bonchev–Trinajstić information content (AvgIpc) is 2.26. The van der Waals surface area contributed by atoms with Crippen molar-refractivity contribution in [2.24, 2.45) is 5.92 Å². The molecule has 4 nitrogen and oxygen atoms in total. The summed E-state index contributed by atoms with van der Waals surface area (Å²) in [6.07, 6.45) is 0.806. The number of hydrogen-bond donors (Lipinski definition) is 1. The molecule has 1 fully saturated rings. The van der Waals surface area contributed by atoms with Gasteiger partial charge in [0.25, 0.3) is 0 Å². The maximum atomic E-state index is 9.42. The lowest BCUT2D eigenvalue weighted by molar-refractivity contribution is -0.219. The van der Waals surface area contributed by atoms with E-state index in [1.54, 1.807) is 7.11 Å². The van der Waals surface area contributed by atoms with Crippen LogP contribution in [-0.2, 0) is 14.2 Å². The molecule has 0 radical (unpaired) electrons. The van der Waals surface area contributed by atoms with E-state index in [4.69, 9.17) is 14.2 Å². The van der Waals surface area contributed by atoms with Gasteiger partial charge in [0.1, 0.15) is 6.10 Å². The topological polar surface area (TPSA) is 47.9 Å². The van der Waals surface area contributed by atoms with E-state index in [0.29, 0.717) is 6.61 Å². The van der Waals surface area contributed by atoms with Crippen LogP contribution in [0, 0.1) is 5.92 Å². The summed E-state index contributed by atoms with van der Waals surface area (Å²) in [5, 5.41) is 9.42. The molecule has 0 aromatic heterocycles. The minimum absolute atomic E-state index is 0.00431. The van der Waals surface area contributed by atoms with Gasteiger partial charge >= 0.3 is 0 Å². The molecule has 0 bridgehead atoms. The van der Waals surface area contributed by atoms with Crippen LogP contribution in [-0.4, -0.2) is 49.8 Å². The molecule has 0 aliphatic carbocycles. The Hall–Kier alpha value is -0.160. The molecule has 1 aliphatic rings. The fourth-order valence-electron chi connectivity index (χ4n) is 2.35. The summed E-state index contributed by atoms with van der Waals surface area (Å²) in [4.78, 5) is 0. The molecule has 1 heterocycles. The van der Waals surface area contributed by atoms with Crippen LogP contribution in [0.25, 0.3) is 0 Å². The summed E-state index contributed by atoms with van der Waals surface area (Å²) in [5.74, 6) is -0.00676.